The molecule has 1 atom stereocenters. The number of hydrogen-bond donors (Lipinski definition) is 0. The first-order chi connectivity index (χ1) is 14.9. The topological polar surface area (TPSA) is 64.2 Å². The van der Waals surface area contributed by atoms with E-state index in [1.54, 1.807) is 18.0 Å². The maximum atomic E-state index is 13.2. The molecule has 0 radical (unpaired) electrons. The molecule has 0 spiro atoms. The van der Waals surface area contributed by atoms with Gasteiger partial charge in [-0.2, -0.15) is 5.10 Å². The van der Waals surface area contributed by atoms with Gasteiger partial charge in [0.25, 0.3) is 6.43 Å². The monoisotopic (exact) mass is 448 g/mol. The number of amides is 1. The molecule has 31 heavy (non-hydrogen) atoms. The van der Waals surface area contributed by atoms with Gasteiger partial charge < -0.3 is 9.32 Å². The van der Waals surface area contributed by atoms with Crippen LogP contribution in [0.2, 0.25) is 5.02 Å². The molecule has 2 aromatic heterocycles. The molecule has 1 fully saturated rings. The van der Waals surface area contributed by atoms with E-state index in [1.807, 2.05) is 24.3 Å². The second-order valence-electron chi connectivity index (χ2n) is 7.82. The lowest BCUT2D eigenvalue weighted by molar-refractivity contribution is -0.133. The number of alkyl halides is 2. The highest BCUT2D eigenvalue weighted by atomic mass is 35.5. The minimum atomic E-state index is -2.67. The number of aromatic nitrogens is 3. The molecule has 1 saturated heterocycles. The Hall–Kier alpha value is -2.74. The van der Waals surface area contributed by atoms with Crippen LogP contribution in [0.15, 0.2) is 40.9 Å². The normalized spacial score (nSPS) is 16.8. The van der Waals surface area contributed by atoms with Gasteiger partial charge in [0, 0.05) is 24.5 Å². The summed E-state index contributed by atoms with van der Waals surface area (Å²) in [5.41, 5.74) is 1.25. The Balaban J connectivity index is 1.41. The summed E-state index contributed by atoms with van der Waals surface area (Å²) in [5, 5.41) is 4.71. The van der Waals surface area contributed by atoms with E-state index in [-0.39, 0.29) is 24.1 Å². The Bertz CT molecular complexity index is 1070. The molecule has 1 aromatic carbocycles. The quantitative estimate of drug-likeness (QED) is 0.545. The van der Waals surface area contributed by atoms with Crippen LogP contribution in [0.1, 0.15) is 53.8 Å². The van der Waals surface area contributed by atoms with Crippen molar-refractivity contribution in [2.24, 2.45) is 0 Å². The second kappa shape index (κ2) is 9.18. The molecule has 164 valence electrons. The van der Waals surface area contributed by atoms with Gasteiger partial charge in [0.05, 0.1) is 17.8 Å². The Kier molecular flexibility index (Phi) is 6.36. The summed E-state index contributed by atoms with van der Waals surface area (Å²) in [5.74, 6) is 1.06. The Morgan fingerprint density at radius 3 is 2.97 bits per heavy atom. The number of halogens is 3. The first-order valence-electron chi connectivity index (χ1n) is 10.2. The lowest BCUT2D eigenvalue weighted by Gasteiger charge is -2.31. The standard InChI is InChI=1S/C22H23ClF2N4O2/c1-14-8-19(21(24)25)29(27-14)13-20(30)28-7-3-5-16(12-28)22-26-11-18(31-22)10-15-4-2-6-17(23)9-15/h2,4,6,8-9,11,16,21H,3,5,7,10,12-13H2,1H3/t16-/m1/s1. The SMILES string of the molecule is Cc1cc(C(F)F)n(CC(=O)N2CCC[C@@H](c3ncc(Cc4cccc(Cl)c4)o3)C2)n1. The molecule has 1 aliphatic heterocycles. The second-order valence-corrected chi connectivity index (χ2v) is 8.26. The van der Waals surface area contributed by atoms with Crippen molar-refractivity contribution in [1.82, 2.24) is 19.7 Å². The number of oxazole rings is 1. The molecule has 9 heteroatoms. The minimum absolute atomic E-state index is 0.0280. The first kappa shape index (κ1) is 21.5. The van der Waals surface area contributed by atoms with Gasteiger partial charge in [-0.25, -0.2) is 13.8 Å². The number of hydrogen-bond acceptors (Lipinski definition) is 4. The average molecular weight is 449 g/mol. The van der Waals surface area contributed by atoms with E-state index in [1.165, 1.54) is 6.07 Å². The van der Waals surface area contributed by atoms with Gasteiger partial charge in [-0.15, -0.1) is 0 Å². The van der Waals surface area contributed by atoms with Crippen LogP contribution in [0, 0.1) is 6.92 Å². The van der Waals surface area contributed by atoms with Crippen LogP contribution in [0.25, 0.3) is 0 Å². The Labute approximate surface area is 183 Å². The van der Waals surface area contributed by atoms with Crippen molar-refractivity contribution in [3.05, 3.63) is 70.2 Å². The number of piperidine rings is 1. The summed E-state index contributed by atoms with van der Waals surface area (Å²) < 4.78 is 33.4. The maximum absolute atomic E-state index is 13.2. The summed E-state index contributed by atoms with van der Waals surface area (Å²) in [4.78, 5) is 18.9. The zero-order chi connectivity index (χ0) is 22.0. The van der Waals surface area contributed by atoms with Crippen LogP contribution in [-0.2, 0) is 17.8 Å². The van der Waals surface area contributed by atoms with Gasteiger partial charge in [0.2, 0.25) is 5.91 Å². The summed E-state index contributed by atoms with van der Waals surface area (Å²) >= 11 is 6.04. The third kappa shape index (κ3) is 5.12. The molecule has 0 N–H and O–H groups in total. The predicted octanol–water partition coefficient (Wildman–Crippen LogP) is 4.77. The van der Waals surface area contributed by atoms with E-state index >= 15 is 0 Å². The van der Waals surface area contributed by atoms with E-state index in [4.69, 9.17) is 16.0 Å². The third-order valence-corrected chi connectivity index (χ3v) is 5.64. The third-order valence-electron chi connectivity index (χ3n) is 5.40. The molecule has 0 bridgehead atoms. The molecular formula is C22H23ClF2N4O2. The lowest BCUT2D eigenvalue weighted by atomic mass is 9.98. The van der Waals surface area contributed by atoms with Crippen molar-refractivity contribution in [3.63, 3.8) is 0 Å². The molecule has 1 amide bonds. The lowest BCUT2D eigenvalue weighted by Crippen LogP contribution is -2.41. The number of rotatable bonds is 6. The van der Waals surface area contributed by atoms with E-state index in [0.717, 1.165) is 28.8 Å². The highest BCUT2D eigenvalue weighted by Gasteiger charge is 2.29. The largest absolute Gasteiger partial charge is 0.445 e. The van der Waals surface area contributed by atoms with E-state index in [0.29, 0.717) is 36.1 Å². The van der Waals surface area contributed by atoms with E-state index in [9.17, 15) is 13.6 Å². The highest BCUT2D eigenvalue weighted by molar-refractivity contribution is 6.30. The fourth-order valence-electron chi connectivity index (χ4n) is 3.94. The van der Waals surface area contributed by atoms with Gasteiger partial charge in [-0.1, -0.05) is 23.7 Å². The molecule has 0 saturated carbocycles. The van der Waals surface area contributed by atoms with Crippen molar-refractivity contribution >= 4 is 17.5 Å². The van der Waals surface area contributed by atoms with Gasteiger partial charge in [0.15, 0.2) is 5.89 Å². The van der Waals surface area contributed by atoms with Crippen LogP contribution >= 0.6 is 11.6 Å². The molecular weight excluding hydrogens is 426 g/mol. The van der Waals surface area contributed by atoms with Crippen LogP contribution in [-0.4, -0.2) is 38.7 Å². The van der Waals surface area contributed by atoms with Gasteiger partial charge in [-0.3, -0.25) is 9.48 Å². The van der Waals surface area contributed by atoms with Crippen LogP contribution in [0.3, 0.4) is 0 Å². The number of likely N-dealkylation sites (tertiary alicyclic amines) is 1. The highest BCUT2D eigenvalue weighted by Crippen LogP contribution is 2.28. The summed E-state index contributed by atoms with van der Waals surface area (Å²) in [7, 11) is 0. The zero-order valence-corrected chi connectivity index (χ0v) is 17.9. The Morgan fingerprint density at radius 2 is 2.19 bits per heavy atom. The summed E-state index contributed by atoms with van der Waals surface area (Å²) in [6, 6.07) is 8.87. The van der Waals surface area contributed by atoms with Crippen LogP contribution in [0.5, 0.6) is 0 Å². The molecule has 1 aliphatic rings. The van der Waals surface area contributed by atoms with Crippen molar-refractivity contribution in [3.8, 4) is 0 Å². The Morgan fingerprint density at radius 1 is 1.35 bits per heavy atom. The van der Waals surface area contributed by atoms with Gasteiger partial charge in [0.1, 0.15) is 18.0 Å². The number of nitrogens with zero attached hydrogens (tertiary/aromatic N) is 4. The number of aryl methyl sites for hydroxylation is 1. The van der Waals surface area contributed by atoms with Crippen molar-refractivity contribution in [1.29, 1.82) is 0 Å². The van der Waals surface area contributed by atoms with Crippen molar-refractivity contribution < 1.29 is 18.0 Å². The number of carbonyl (C=O) groups is 1. The smallest absolute Gasteiger partial charge is 0.280 e. The van der Waals surface area contributed by atoms with Crippen LogP contribution in [0.4, 0.5) is 8.78 Å². The fraction of sp³-hybridized carbons (Fsp3) is 0.409. The molecule has 6 nitrogen and oxygen atoms in total. The van der Waals surface area contributed by atoms with Crippen molar-refractivity contribution in [2.45, 2.75) is 45.1 Å². The maximum Gasteiger partial charge on any atom is 0.280 e. The number of benzene rings is 1. The predicted molar refractivity (Wildman–Crippen MR) is 111 cm³/mol. The molecule has 0 aliphatic carbocycles. The fourth-order valence-corrected chi connectivity index (χ4v) is 4.16. The number of carbonyl (C=O) groups excluding carboxylic acids is 1. The molecule has 3 heterocycles. The zero-order valence-electron chi connectivity index (χ0n) is 17.1. The van der Waals surface area contributed by atoms with Crippen molar-refractivity contribution in [2.75, 3.05) is 13.1 Å². The minimum Gasteiger partial charge on any atom is -0.445 e. The van der Waals surface area contributed by atoms with E-state index < -0.39 is 6.43 Å². The van der Waals surface area contributed by atoms with Gasteiger partial charge >= 0.3 is 0 Å². The molecule has 4 rings (SSSR count). The summed E-state index contributed by atoms with van der Waals surface area (Å²) in [6.07, 6.45) is 1.26. The molecule has 3 aromatic rings. The van der Waals surface area contributed by atoms with Gasteiger partial charge in [-0.05, 0) is 43.5 Å². The average Bonchev–Trinajstić information content (AvgIpc) is 3.34. The first-order valence-corrected chi connectivity index (χ1v) is 10.6. The van der Waals surface area contributed by atoms with E-state index in [2.05, 4.69) is 10.1 Å². The molecule has 0 unspecified atom stereocenters. The summed E-state index contributed by atoms with van der Waals surface area (Å²) in [6.45, 7) is 2.45. The van der Waals surface area contributed by atoms with Crippen LogP contribution < -0.4 is 0 Å².